The van der Waals surface area contributed by atoms with Crippen molar-refractivity contribution in [3.8, 4) is 11.4 Å². The zero-order valence-electron chi connectivity index (χ0n) is 15.2. The van der Waals surface area contributed by atoms with Crippen molar-refractivity contribution in [1.82, 2.24) is 29.5 Å². The van der Waals surface area contributed by atoms with Crippen LogP contribution in [-0.2, 0) is 0 Å². The molecule has 0 radical (unpaired) electrons. The summed E-state index contributed by atoms with van der Waals surface area (Å²) in [5.74, 6) is -1.77. The van der Waals surface area contributed by atoms with Crippen LogP contribution in [0.1, 0.15) is 30.0 Å². The molecule has 0 spiro atoms. The number of benzene rings is 1. The molecule has 1 aliphatic carbocycles. The van der Waals surface area contributed by atoms with Crippen LogP contribution in [0.3, 0.4) is 0 Å². The summed E-state index contributed by atoms with van der Waals surface area (Å²) in [6, 6.07) is 3.57. The molecule has 0 atom stereocenters. The van der Waals surface area contributed by atoms with Gasteiger partial charge in [0.15, 0.2) is 17.3 Å². The highest BCUT2D eigenvalue weighted by Gasteiger charge is 2.25. The van der Waals surface area contributed by atoms with Crippen LogP contribution in [-0.4, -0.2) is 29.5 Å². The van der Waals surface area contributed by atoms with Crippen LogP contribution >= 0.6 is 0 Å². The highest BCUT2D eigenvalue weighted by Crippen LogP contribution is 2.39. The Morgan fingerprint density at radius 3 is 2.62 bits per heavy atom. The molecule has 1 aliphatic rings. The fourth-order valence-corrected chi connectivity index (χ4v) is 3.41. The minimum Gasteiger partial charge on any atom is -0.309 e. The van der Waals surface area contributed by atoms with Crippen LogP contribution in [0.2, 0.25) is 0 Å². The first-order chi connectivity index (χ1) is 13.9. The van der Waals surface area contributed by atoms with Crippen LogP contribution in [0.5, 0.6) is 0 Å². The number of hydrogen-bond acceptors (Lipinski definition) is 5. The van der Waals surface area contributed by atoms with Crippen LogP contribution < -0.4 is 11.2 Å². The Kier molecular flexibility index (Phi) is 3.70. The van der Waals surface area contributed by atoms with Crippen molar-refractivity contribution < 1.29 is 8.78 Å². The summed E-state index contributed by atoms with van der Waals surface area (Å²) in [6.45, 7) is 1.52. The number of aromatic nitrogens is 6. The number of H-pyrrole nitrogens is 1. The Morgan fingerprint density at radius 2 is 1.86 bits per heavy atom. The molecule has 4 aromatic rings. The maximum absolute atomic E-state index is 13.8. The van der Waals surface area contributed by atoms with Crippen molar-refractivity contribution >= 4 is 11.0 Å². The van der Waals surface area contributed by atoms with E-state index >= 15 is 0 Å². The number of fused-ring (bicyclic) bond motifs is 1. The number of pyridine rings is 1. The Hall–Kier alpha value is -3.69. The molecule has 5 rings (SSSR count). The van der Waals surface area contributed by atoms with E-state index in [1.165, 1.54) is 13.1 Å². The van der Waals surface area contributed by atoms with E-state index in [0.717, 1.165) is 39.8 Å². The summed E-state index contributed by atoms with van der Waals surface area (Å²) >= 11 is 0. The molecule has 0 bridgehead atoms. The Balaban J connectivity index is 1.77. The fourth-order valence-electron chi connectivity index (χ4n) is 3.41. The molecule has 1 N–H and O–H groups in total. The van der Waals surface area contributed by atoms with E-state index < -0.39 is 22.9 Å². The average molecular weight is 396 g/mol. The number of aromatic amines is 1. The molecule has 0 amide bonds. The van der Waals surface area contributed by atoms with Crippen LogP contribution in [0.4, 0.5) is 8.78 Å². The van der Waals surface area contributed by atoms with Crippen molar-refractivity contribution in [3.05, 3.63) is 74.3 Å². The first-order valence-corrected chi connectivity index (χ1v) is 8.96. The lowest BCUT2D eigenvalue weighted by Crippen LogP contribution is -2.37. The number of hydrogen-bond donors (Lipinski definition) is 1. The molecule has 1 fully saturated rings. The van der Waals surface area contributed by atoms with Crippen LogP contribution in [0, 0.1) is 18.6 Å². The van der Waals surface area contributed by atoms with Gasteiger partial charge in [-0.05, 0) is 37.3 Å². The predicted octanol–water partition coefficient (Wildman–Crippen LogP) is 2.12. The summed E-state index contributed by atoms with van der Waals surface area (Å²) in [6.07, 6.45) is 5.24. The molecular formula is C19H14F2N6O2. The van der Waals surface area contributed by atoms with Crippen LogP contribution in [0.25, 0.3) is 22.4 Å². The number of rotatable bonds is 3. The smallest absolute Gasteiger partial charge is 0.309 e. The van der Waals surface area contributed by atoms with Gasteiger partial charge in [-0.25, -0.2) is 22.8 Å². The number of nitrogens with zero attached hydrogens (tertiary/aromatic N) is 5. The summed E-state index contributed by atoms with van der Waals surface area (Å²) in [5, 5.41) is 7.68. The van der Waals surface area contributed by atoms with Gasteiger partial charge in [-0.3, -0.25) is 9.78 Å². The highest BCUT2D eigenvalue weighted by molar-refractivity contribution is 5.76. The lowest BCUT2D eigenvalue weighted by atomic mass is 10.2. The third kappa shape index (κ3) is 2.75. The summed E-state index contributed by atoms with van der Waals surface area (Å²) in [4.78, 5) is 32.6. The maximum atomic E-state index is 13.8. The number of halogens is 2. The van der Waals surface area contributed by atoms with E-state index in [1.807, 2.05) is 0 Å². The first-order valence-electron chi connectivity index (χ1n) is 8.96. The Morgan fingerprint density at radius 1 is 1.10 bits per heavy atom. The predicted molar refractivity (Wildman–Crippen MR) is 99.5 cm³/mol. The second kappa shape index (κ2) is 6.16. The van der Waals surface area contributed by atoms with Crippen molar-refractivity contribution in [2.75, 3.05) is 0 Å². The molecule has 0 aliphatic heterocycles. The number of nitrogens with one attached hydrogen (secondary N) is 1. The topological polar surface area (TPSA) is 98.5 Å². The van der Waals surface area contributed by atoms with Gasteiger partial charge in [0.1, 0.15) is 5.52 Å². The van der Waals surface area contributed by atoms with Crippen molar-refractivity contribution in [1.29, 1.82) is 0 Å². The normalized spacial score (nSPS) is 13.9. The monoisotopic (exact) mass is 396 g/mol. The second-order valence-electron chi connectivity index (χ2n) is 7.05. The van der Waals surface area contributed by atoms with E-state index in [0.29, 0.717) is 11.6 Å². The van der Waals surface area contributed by atoms with Crippen molar-refractivity contribution in [3.63, 3.8) is 0 Å². The van der Waals surface area contributed by atoms with Gasteiger partial charge in [-0.1, -0.05) is 5.21 Å². The molecular weight excluding hydrogens is 382 g/mol. The van der Waals surface area contributed by atoms with Crippen molar-refractivity contribution in [2.45, 2.75) is 25.7 Å². The molecule has 0 unspecified atom stereocenters. The first kappa shape index (κ1) is 17.4. The van der Waals surface area contributed by atoms with E-state index in [4.69, 9.17) is 0 Å². The van der Waals surface area contributed by atoms with Gasteiger partial charge in [0.2, 0.25) is 0 Å². The SMILES string of the molecule is Cc1[nH]c(=O)n(-c2cncc(C3CC3)c2)c(=O)c1-n1nnc2cc(F)c(F)cc21. The summed E-state index contributed by atoms with van der Waals surface area (Å²) in [5.41, 5.74) is 0.368. The lowest BCUT2D eigenvalue weighted by Gasteiger charge is -2.11. The molecule has 146 valence electrons. The third-order valence-corrected chi connectivity index (χ3v) is 5.01. The molecule has 1 aromatic carbocycles. The van der Waals surface area contributed by atoms with Crippen molar-refractivity contribution in [2.24, 2.45) is 0 Å². The third-order valence-electron chi connectivity index (χ3n) is 5.01. The van der Waals surface area contributed by atoms with Gasteiger partial charge in [-0.15, -0.1) is 5.10 Å². The molecule has 10 heteroatoms. The van der Waals surface area contributed by atoms with Gasteiger partial charge in [0.25, 0.3) is 5.56 Å². The van der Waals surface area contributed by atoms with Gasteiger partial charge < -0.3 is 4.98 Å². The van der Waals surface area contributed by atoms with Crippen LogP contribution in [0.15, 0.2) is 40.2 Å². The van der Waals surface area contributed by atoms with E-state index in [-0.39, 0.29) is 22.4 Å². The van der Waals surface area contributed by atoms with E-state index in [9.17, 15) is 18.4 Å². The standard InChI is InChI=1S/C19H14F2N6O2/c1-9-17(27-16-6-14(21)13(20)5-15(16)24-25-27)18(28)26(19(29)23-9)12-4-11(7-22-8-12)10-2-3-10/h4-8,10H,2-3H2,1H3,(H,23,29). The van der Waals surface area contributed by atoms with Gasteiger partial charge in [0.05, 0.1) is 17.4 Å². The quantitative estimate of drug-likeness (QED) is 0.572. The molecule has 3 heterocycles. The highest BCUT2D eigenvalue weighted by atomic mass is 19.2. The Bertz CT molecular complexity index is 1400. The molecule has 3 aromatic heterocycles. The van der Waals surface area contributed by atoms with Gasteiger partial charge in [0, 0.05) is 24.0 Å². The molecule has 29 heavy (non-hydrogen) atoms. The number of aryl methyl sites for hydroxylation is 1. The minimum atomic E-state index is -1.09. The second-order valence-corrected chi connectivity index (χ2v) is 7.05. The Labute approximate surface area is 161 Å². The average Bonchev–Trinajstić information content (AvgIpc) is 3.46. The fraction of sp³-hybridized carbons (Fsp3) is 0.211. The largest absolute Gasteiger partial charge is 0.333 e. The molecule has 8 nitrogen and oxygen atoms in total. The summed E-state index contributed by atoms with van der Waals surface area (Å²) in [7, 11) is 0. The summed E-state index contributed by atoms with van der Waals surface area (Å²) < 4.78 is 29.3. The lowest BCUT2D eigenvalue weighted by molar-refractivity contribution is 0.510. The molecule has 0 saturated heterocycles. The minimum absolute atomic E-state index is 0.0186. The van der Waals surface area contributed by atoms with E-state index in [2.05, 4.69) is 20.3 Å². The van der Waals surface area contributed by atoms with Gasteiger partial charge >= 0.3 is 5.69 Å². The molecule has 1 saturated carbocycles. The zero-order valence-corrected chi connectivity index (χ0v) is 15.2. The van der Waals surface area contributed by atoms with Gasteiger partial charge in [-0.2, -0.15) is 0 Å². The zero-order chi connectivity index (χ0) is 20.3. The maximum Gasteiger partial charge on any atom is 0.333 e. The van der Waals surface area contributed by atoms with E-state index in [1.54, 1.807) is 12.3 Å².